The fraction of sp³-hybridized carbons (Fsp3) is 0.318. The second-order valence-electron chi connectivity index (χ2n) is 7.72. The maximum atomic E-state index is 13.4. The zero-order chi connectivity index (χ0) is 19.3. The Kier molecular flexibility index (Phi) is 4.00. The average Bonchev–Trinajstić information content (AvgIpc) is 3.44. The summed E-state index contributed by atoms with van der Waals surface area (Å²) in [5.74, 6) is 0.514. The van der Waals surface area contributed by atoms with Gasteiger partial charge in [0, 0.05) is 5.92 Å². The van der Waals surface area contributed by atoms with Crippen LogP contribution in [0.5, 0.6) is 0 Å². The number of aromatic nitrogens is 3. The molecule has 2 aromatic carbocycles. The molecule has 0 spiro atoms. The molecule has 0 saturated heterocycles. The third-order valence-corrected chi connectivity index (χ3v) is 5.70. The average molecular weight is 376 g/mol. The van der Waals surface area contributed by atoms with Crippen molar-refractivity contribution in [1.82, 2.24) is 14.8 Å². The van der Waals surface area contributed by atoms with Crippen molar-refractivity contribution in [3.8, 4) is 0 Å². The maximum absolute atomic E-state index is 13.4. The van der Waals surface area contributed by atoms with Crippen molar-refractivity contribution < 1.29 is 9.18 Å². The fourth-order valence-corrected chi connectivity index (χ4v) is 4.01. The molecule has 142 valence electrons. The van der Waals surface area contributed by atoms with Gasteiger partial charge in [-0.05, 0) is 49.4 Å². The van der Waals surface area contributed by atoms with Crippen molar-refractivity contribution in [2.45, 2.75) is 38.3 Å². The van der Waals surface area contributed by atoms with Crippen LogP contribution in [-0.4, -0.2) is 20.7 Å². The first-order valence-electron chi connectivity index (χ1n) is 9.66. The Bertz CT molecular complexity index is 1010. The lowest BCUT2D eigenvalue weighted by Crippen LogP contribution is -2.43. The lowest BCUT2D eigenvalue weighted by molar-refractivity contribution is -0.120. The molecule has 28 heavy (non-hydrogen) atoms. The Balaban J connectivity index is 1.62. The smallest absolute Gasteiger partial charge is 0.233 e. The van der Waals surface area contributed by atoms with Crippen molar-refractivity contribution in [3.05, 3.63) is 77.4 Å². The highest BCUT2D eigenvalue weighted by molar-refractivity contribution is 5.96. The second-order valence-corrected chi connectivity index (χ2v) is 7.72. The normalized spacial score (nSPS) is 21.4. The van der Waals surface area contributed by atoms with Crippen LogP contribution in [-0.2, 0) is 4.79 Å². The molecule has 1 fully saturated rings. The molecular formula is C22H21FN4O. The van der Waals surface area contributed by atoms with Gasteiger partial charge in [-0.3, -0.25) is 9.69 Å². The summed E-state index contributed by atoms with van der Waals surface area (Å²) in [6.45, 7) is 2.05. The first-order chi connectivity index (χ1) is 13.6. The molecule has 3 aromatic rings. The molecule has 0 N–H and O–H groups in total. The SMILES string of the molecule is Cc1ccc([C@H]2C[C@H](c3ccc(F)cc3)n3ncnc3N2C(=O)C2CC2)cc1. The minimum absolute atomic E-state index is 0.0838. The topological polar surface area (TPSA) is 51.0 Å². The van der Waals surface area contributed by atoms with Gasteiger partial charge in [-0.15, -0.1) is 0 Å². The number of hydrogen-bond donors (Lipinski definition) is 0. The van der Waals surface area contributed by atoms with Gasteiger partial charge in [-0.1, -0.05) is 42.0 Å². The Morgan fingerprint density at radius 3 is 2.32 bits per heavy atom. The number of carbonyl (C=O) groups is 1. The summed E-state index contributed by atoms with van der Waals surface area (Å²) >= 11 is 0. The summed E-state index contributed by atoms with van der Waals surface area (Å²) in [4.78, 5) is 19.4. The first kappa shape index (κ1) is 17.1. The van der Waals surface area contributed by atoms with E-state index in [0.717, 1.165) is 24.0 Å². The van der Waals surface area contributed by atoms with E-state index < -0.39 is 0 Å². The summed E-state index contributed by atoms with van der Waals surface area (Å²) in [5.41, 5.74) is 3.22. The summed E-state index contributed by atoms with van der Waals surface area (Å²) in [6, 6.07) is 14.6. The van der Waals surface area contributed by atoms with Gasteiger partial charge in [-0.2, -0.15) is 10.1 Å². The summed E-state index contributed by atoms with van der Waals surface area (Å²) < 4.78 is 15.2. The molecule has 6 heteroatoms. The predicted octanol–water partition coefficient (Wildman–Crippen LogP) is 4.20. The number of aryl methyl sites for hydroxylation is 1. The van der Waals surface area contributed by atoms with Gasteiger partial charge < -0.3 is 0 Å². The van der Waals surface area contributed by atoms with E-state index in [1.165, 1.54) is 24.0 Å². The molecule has 0 radical (unpaired) electrons. The van der Waals surface area contributed by atoms with Crippen LogP contribution in [0.15, 0.2) is 54.9 Å². The van der Waals surface area contributed by atoms with Crippen molar-refractivity contribution in [2.75, 3.05) is 4.90 Å². The van der Waals surface area contributed by atoms with Crippen LogP contribution >= 0.6 is 0 Å². The van der Waals surface area contributed by atoms with Crippen LogP contribution in [0.1, 0.15) is 48.0 Å². The van der Waals surface area contributed by atoms with Gasteiger partial charge in [0.2, 0.25) is 11.9 Å². The highest BCUT2D eigenvalue weighted by Gasteiger charge is 2.44. The molecule has 2 aliphatic rings. The van der Waals surface area contributed by atoms with Gasteiger partial charge >= 0.3 is 0 Å². The Morgan fingerprint density at radius 2 is 1.64 bits per heavy atom. The Hall–Kier alpha value is -3.02. The number of hydrogen-bond acceptors (Lipinski definition) is 3. The molecule has 1 aromatic heterocycles. The van der Waals surface area contributed by atoms with Crippen molar-refractivity contribution in [2.24, 2.45) is 5.92 Å². The molecule has 5 nitrogen and oxygen atoms in total. The standard InChI is InChI=1S/C22H21FN4O/c1-14-2-4-15(5-3-14)19-12-20(16-8-10-18(23)11-9-16)27-22(24-13-25-27)26(19)21(28)17-6-7-17/h2-5,8-11,13,17,19-20H,6-7,12H2,1H3/t19-,20-/m1/s1. The molecule has 2 heterocycles. The Morgan fingerprint density at radius 1 is 1.00 bits per heavy atom. The lowest BCUT2D eigenvalue weighted by Gasteiger charge is -2.39. The van der Waals surface area contributed by atoms with Gasteiger partial charge in [0.25, 0.3) is 0 Å². The van der Waals surface area contributed by atoms with Crippen molar-refractivity contribution >= 4 is 11.9 Å². The number of halogens is 1. The molecule has 1 saturated carbocycles. The fourth-order valence-electron chi connectivity index (χ4n) is 4.01. The minimum atomic E-state index is -0.265. The van der Waals surface area contributed by atoms with Gasteiger partial charge in [0.05, 0.1) is 12.1 Å². The number of benzene rings is 2. The van der Waals surface area contributed by atoms with E-state index in [1.54, 1.807) is 16.8 Å². The highest BCUT2D eigenvalue weighted by Crippen LogP contribution is 2.44. The van der Waals surface area contributed by atoms with Crippen LogP contribution < -0.4 is 4.90 Å². The maximum Gasteiger partial charge on any atom is 0.233 e. The molecule has 1 aliphatic carbocycles. The largest absolute Gasteiger partial charge is 0.274 e. The van der Waals surface area contributed by atoms with E-state index in [1.807, 2.05) is 4.90 Å². The summed E-state index contributed by atoms with van der Waals surface area (Å²) in [5, 5.41) is 4.41. The van der Waals surface area contributed by atoms with Crippen LogP contribution in [0.4, 0.5) is 10.3 Å². The van der Waals surface area contributed by atoms with Crippen LogP contribution in [0.3, 0.4) is 0 Å². The quantitative estimate of drug-likeness (QED) is 0.688. The van der Waals surface area contributed by atoms with Crippen molar-refractivity contribution in [3.63, 3.8) is 0 Å². The molecule has 1 amide bonds. The number of rotatable bonds is 3. The molecule has 2 atom stereocenters. The molecule has 0 unspecified atom stereocenters. The molecular weight excluding hydrogens is 355 g/mol. The summed E-state index contributed by atoms with van der Waals surface area (Å²) in [6.07, 6.45) is 4.04. The summed E-state index contributed by atoms with van der Waals surface area (Å²) in [7, 11) is 0. The molecule has 1 aliphatic heterocycles. The first-order valence-corrected chi connectivity index (χ1v) is 9.66. The third-order valence-electron chi connectivity index (χ3n) is 5.70. The van der Waals surface area contributed by atoms with Gasteiger partial charge in [0.15, 0.2) is 0 Å². The number of amides is 1. The number of carbonyl (C=O) groups excluding carboxylic acids is 1. The zero-order valence-electron chi connectivity index (χ0n) is 15.6. The van der Waals surface area contributed by atoms with E-state index in [0.29, 0.717) is 12.4 Å². The zero-order valence-corrected chi connectivity index (χ0v) is 15.6. The van der Waals surface area contributed by atoms with Crippen LogP contribution in [0.25, 0.3) is 0 Å². The van der Waals surface area contributed by atoms with Crippen molar-refractivity contribution in [1.29, 1.82) is 0 Å². The van der Waals surface area contributed by atoms with E-state index in [-0.39, 0.29) is 29.7 Å². The highest BCUT2D eigenvalue weighted by atomic mass is 19.1. The number of fused-ring (bicyclic) bond motifs is 1. The van der Waals surface area contributed by atoms with Gasteiger partial charge in [0.1, 0.15) is 12.1 Å². The number of anilines is 1. The lowest BCUT2D eigenvalue weighted by atomic mass is 9.91. The second kappa shape index (κ2) is 6.55. The third kappa shape index (κ3) is 2.89. The minimum Gasteiger partial charge on any atom is -0.274 e. The molecule has 0 bridgehead atoms. The Labute approximate surface area is 162 Å². The molecule has 5 rings (SSSR count). The monoisotopic (exact) mass is 376 g/mol. The van der Waals surface area contributed by atoms with Crippen LogP contribution in [0, 0.1) is 18.7 Å². The van der Waals surface area contributed by atoms with E-state index in [2.05, 4.69) is 41.3 Å². The van der Waals surface area contributed by atoms with E-state index in [9.17, 15) is 9.18 Å². The van der Waals surface area contributed by atoms with E-state index >= 15 is 0 Å². The van der Waals surface area contributed by atoms with Crippen LogP contribution in [0.2, 0.25) is 0 Å². The van der Waals surface area contributed by atoms with E-state index in [4.69, 9.17) is 0 Å². The number of nitrogens with zero attached hydrogens (tertiary/aromatic N) is 4. The van der Waals surface area contributed by atoms with Gasteiger partial charge in [-0.25, -0.2) is 9.07 Å². The predicted molar refractivity (Wildman–Crippen MR) is 103 cm³/mol.